The van der Waals surface area contributed by atoms with E-state index in [0.29, 0.717) is 12.3 Å². The second-order valence-electron chi connectivity index (χ2n) is 6.10. The monoisotopic (exact) mass is 250 g/mol. The van der Waals surface area contributed by atoms with Crippen molar-refractivity contribution in [3.05, 3.63) is 0 Å². The van der Waals surface area contributed by atoms with Crippen molar-refractivity contribution in [3.8, 4) is 0 Å². The van der Waals surface area contributed by atoms with Crippen molar-refractivity contribution in [2.75, 3.05) is 0 Å². The first-order chi connectivity index (χ1) is 8.79. The molecule has 0 aromatic rings. The average molecular weight is 250 g/mol. The van der Waals surface area contributed by atoms with Gasteiger partial charge in [-0.3, -0.25) is 9.59 Å². The fourth-order valence-corrected chi connectivity index (χ4v) is 3.63. The summed E-state index contributed by atoms with van der Waals surface area (Å²) in [4.78, 5) is 24.1. The normalized spacial score (nSPS) is 29.2. The molecule has 102 valence electrons. The third-order valence-electron chi connectivity index (χ3n) is 4.75. The van der Waals surface area contributed by atoms with Crippen molar-refractivity contribution in [2.24, 2.45) is 11.8 Å². The van der Waals surface area contributed by atoms with Crippen LogP contribution >= 0.6 is 0 Å². The van der Waals surface area contributed by atoms with Gasteiger partial charge in [0.25, 0.3) is 0 Å². The molecule has 1 unspecified atom stereocenters. The lowest BCUT2D eigenvalue weighted by Gasteiger charge is -2.28. The molecule has 0 aromatic heterocycles. The molecular formula is C16H26O2. The van der Waals surface area contributed by atoms with Crippen LogP contribution in [0.5, 0.6) is 0 Å². The number of hydrogen-bond donors (Lipinski definition) is 0. The summed E-state index contributed by atoms with van der Waals surface area (Å²) in [7, 11) is 0. The summed E-state index contributed by atoms with van der Waals surface area (Å²) >= 11 is 0. The van der Waals surface area contributed by atoms with E-state index in [1.807, 2.05) is 0 Å². The lowest BCUT2D eigenvalue weighted by atomic mass is 9.75. The van der Waals surface area contributed by atoms with Gasteiger partial charge in [0.2, 0.25) is 5.78 Å². The zero-order valence-corrected chi connectivity index (χ0v) is 11.5. The molecule has 2 fully saturated rings. The second kappa shape index (κ2) is 7.06. The third kappa shape index (κ3) is 3.66. The van der Waals surface area contributed by atoms with Crippen molar-refractivity contribution in [1.29, 1.82) is 0 Å². The fourth-order valence-electron chi connectivity index (χ4n) is 3.63. The molecule has 0 heterocycles. The molecule has 0 saturated heterocycles. The predicted molar refractivity (Wildman–Crippen MR) is 72.4 cm³/mol. The van der Waals surface area contributed by atoms with Crippen molar-refractivity contribution in [1.82, 2.24) is 0 Å². The average Bonchev–Trinajstić information content (AvgIpc) is 2.32. The minimum absolute atomic E-state index is 0.0275. The minimum Gasteiger partial charge on any atom is -0.291 e. The Morgan fingerprint density at radius 2 is 1.22 bits per heavy atom. The molecule has 2 rings (SSSR count). The summed E-state index contributed by atoms with van der Waals surface area (Å²) in [6.07, 6.45) is 13.5. The van der Waals surface area contributed by atoms with Gasteiger partial charge in [-0.05, 0) is 31.6 Å². The number of carbonyl (C=O) groups is 2. The van der Waals surface area contributed by atoms with E-state index in [2.05, 4.69) is 0 Å². The lowest BCUT2D eigenvalue weighted by molar-refractivity contribution is -0.141. The molecule has 1 atom stereocenters. The number of ketones is 2. The largest absolute Gasteiger partial charge is 0.291 e. The van der Waals surface area contributed by atoms with E-state index < -0.39 is 0 Å². The molecule has 0 aromatic carbocycles. The van der Waals surface area contributed by atoms with Crippen molar-refractivity contribution in [2.45, 2.75) is 77.0 Å². The molecule has 0 aliphatic heterocycles. The molecule has 0 amide bonds. The topological polar surface area (TPSA) is 34.1 Å². The Kier molecular flexibility index (Phi) is 5.40. The van der Waals surface area contributed by atoms with E-state index in [-0.39, 0.29) is 17.5 Å². The van der Waals surface area contributed by atoms with E-state index in [1.165, 1.54) is 44.9 Å². The summed E-state index contributed by atoms with van der Waals surface area (Å²) in [5.41, 5.74) is 0. The molecule has 18 heavy (non-hydrogen) atoms. The summed E-state index contributed by atoms with van der Waals surface area (Å²) in [6, 6.07) is 0. The fraction of sp³-hybridized carbons (Fsp3) is 0.875. The van der Waals surface area contributed by atoms with Crippen LogP contribution in [0.4, 0.5) is 0 Å². The highest BCUT2D eigenvalue weighted by molar-refractivity contribution is 6.38. The Morgan fingerprint density at radius 3 is 1.94 bits per heavy atom. The number of hydrogen-bond acceptors (Lipinski definition) is 2. The highest BCUT2D eigenvalue weighted by Gasteiger charge is 2.32. The summed E-state index contributed by atoms with van der Waals surface area (Å²) in [6.45, 7) is 0. The molecule has 0 radical (unpaired) electrons. The molecule has 0 bridgehead atoms. The molecule has 2 saturated carbocycles. The Morgan fingerprint density at radius 1 is 0.667 bits per heavy atom. The number of Topliss-reactive ketones (excluding diaryl/α,β-unsaturated/α-hetero) is 2. The zero-order chi connectivity index (χ0) is 12.8. The molecule has 0 N–H and O–H groups in total. The van der Waals surface area contributed by atoms with E-state index >= 15 is 0 Å². The SMILES string of the molecule is O=C1CCCCCC(C2CCCCCCC2)C1=O. The van der Waals surface area contributed by atoms with Crippen LogP contribution in [0.15, 0.2) is 0 Å². The molecule has 2 nitrogen and oxygen atoms in total. The molecular weight excluding hydrogens is 224 g/mol. The molecule has 0 spiro atoms. The van der Waals surface area contributed by atoms with Crippen molar-refractivity contribution < 1.29 is 9.59 Å². The van der Waals surface area contributed by atoms with Gasteiger partial charge in [-0.1, -0.05) is 44.9 Å². The maximum absolute atomic E-state index is 12.2. The molecule has 2 aliphatic carbocycles. The lowest BCUT2D eigenvalue weighted by Crippen LogP contribution is -2.31. The first-order valence-corrected chi connectivity index (χ1v) is 7.86. The maximum Gasteiger partial charge on any atom is 0.201 e. The van der Waals surface area contributed by atoms with Gasteiger partial charge in [-0.15, -0.1) is 0 Å². The van der Waals surface area contributed by atoms with Crippen LogP contribution in [-0.2, 0) is 9.59 Å². The van der Waals surface area contributed by atoms with E-state index in [1.54, 1.807) is 0 Å². The standard InChI is InChI=1S/C16H26O2/c17-15-12-8-4-7-11-14(16(15)18)13-9-5-2-1-3-6-10-13/h13-14H,1-12H2. The van der Waals surface area contributed by atoms with Gasteiger partial charge in [-0.2, -0.15) is 0 Å². The second-order valence-corrected chi connectivity index (χ2v) is 6.10. The minimum atomic E-state index is -0.0817. The van der Waals surface area contributed by atoms with Crippen LogP contribution in [0.2, 0.25) is 0 Å². The van der Waals surface area contributed by atoms with Gasteiger partial charge >= 0.3 is 0 Å². The van der Waals surface area contributed by atoms with Gasteiger partial charge in [0.15, 0.2) is 5.78 Å². The van der Waals surface area contributed by atoms with E-state index in [9.17, 15) is 9.59 Å². The summed E-state index contributed by atoms with van der Waals surface area (Å²) < 4.78 is 0. The van der Waals surface area contributed by atoms with Gasteiger partial charge in [-0.25, -0.2) is 0 Å². The van der Waals surface area contributed by atoms with Crippen LogP contribution in [0.25, 0.3) is 0 Å². The van der Waals surface area contributed by atoms with Crippen LogP contribution in [0, 0.1) is 11.8 Å². The van der Waals surface area contributed by atoms with E-state index in [0.717, 1.165) is 25.7 Å². The van der Waals surface area contributed by atoms with Crippen LogP contribution in [0.3, 0.4) is 0 Å². The van der Waals surface area contributed by atoms with Crippen LogP contribution in [-0.4, -0.2) is 11.6 Å². The third-order valence-corrected chi connectivity index (χ3v) is 4.75. The van der Waals surface area contributed by atoms with Gasteiger partial charge in [0, 0.05) is 12.3 Å². The van der Waals surface area contributed by atoms with Crippen molar-refractivity contribution >= 4 is 11.6 Å². The van der Waals surface area contributed by atoms with E-state index in [4.69, 9.17) is 0 Å². The zero-order valence-electron chi connectivity index (χ0n) is 11.5. The maximum atomic E-state index is 12.2. The van der Waals surface area contributed by atoms with Crippen LogP contribution in [0.1, 0.15) is 77.0 Å². The van der Waals surface area contributed by atoms with Gasteiger partial charge in [0.1, 0.15) is 0 Å². The first kappa shape index (κ1) is 13.8. The molecule has 2 heteroatoms. The highest BCUT2D eigenvalue weighted by Crippen LogP contribution is 2.33. The summed E-state index contributed by atoms with van der Waals surface area (Å²) in [5.74, 6) is 0.456. The Hall–Kier alpha value is -0.660. The van der Waals surface area contributed by atoms with Crippen molar-refractivity contribution in [3.63, 3.8) is 0 Å². The van der Waals surface area contributed by atoms with Gasteiger partial charge < -0.3 is 0 Å². The Bertz CT molecular complexity index is 287. The quantitative estimate of drug-likeness (QED) is 0.657. The first-order valence-electron chi connectivity index (χ1n) is 7.86. The Labute approximate surface area is 111 Å². The highest BCUT2D eigenvalue weighted by atomic mass is 16.2. The number of rotatable bonds is 1. The number of carbonyl (C=O) groups excluding carboxylic acids is 2. The Balaban J connectivity index is 2.01. The molecule has 2 aliphatic rings. The predicted octanol–water partition coefficient (Wildman–Crippen LogP) is 4.07. The smallest absolute Gasteiger partial charge is 0.201 e. The van der Waals surface area contributed by atoms with Gasteiger partial charge in [0.05, 0.1) is 0 Å². The van der Waals surface area contributed by atoms with Crippen LogP contribution < -0.4 is 0 Å². The summed E-state index contributed by atoms with van der Waals surface area (Å²) in [5, 5.41) is 0.